The van der Waals surface area contributed by atoms with E-state index in [1.54, 1.807) is 66.7 Å². The van der Waals surface area contributed by atoms with E-state index in [1.807, 2.05) is 152 Å². The molecular formula is C118H104F7N5O13. The summed E-state index contributed by atoms with van der Waals surface area (Å²) in [5.74, 6) is -7.10. The highest BCUT2D eigenvalue weighted by atomic mass is 19.2. The summed E-state index contributed by atoms with van der Waals surface area (Å²) >= 11 is 0. The smallest absolute Gasteiger partial charge is 0.258 e. The molecule has 5 amide bonds. The maximum atomic E-state index is 14.4. The Morgan fingerprint density at radius 3 is 0.937 bits per heavy atom. The lowest BCUT2D eigenvalue weighted by molar-refractivity contribution is 0.0967. The van der Waals surface area contributed by atoms with Gasteiger partial charge in [0.25, 0.3) is 29.5 Å². The second kappa shape index (κ2) is 55.5. The molecule has 0 aliphatic heterocycles. The first-order valence-electron chi connectivity index (χ1n) is 46.1. The topological polar surface area (TPSA) is 259 Å². The van der Waals surface area contributed by atoms with Crippen molar-refractivity contribution >= 4 is 86.9 Å². The molecule has 0 bridgehead atoms. The Balaban J connectivity index is 0.000000171. The van der Waals surface area contributed by atoms with Crippen LogP contribution in [0, 0.1) is 40.7 Å². The summed E-state index contributed by atoms with van der Waals surface area (Å²) < 4.78 is 113. The lowest BCUT2D eigenvalue weighted by Crippen LogP contribution is -2.17. The summed E-state index contributed by atoms with van der Waals surface area (Å²) in [7, 11) is 4.44. The van der Waals surface area contributed by atoms with E-state index < -0.39 is 76.0 Å². The standard InChI is InChI=1S/3C24H22FNO3.2C23H19F2NO2/c1-29-19-15-13-18(14-16-19)24(28)26-21-11-6-10-20(25)23(21)22(27)12-5-9-17-7-3-2-4-8-17;1-29-22-12-6-10-20(21(27)11-5-9-17-7-3-2-4-8-17)23(22)26-24(28)18-13-15-19(25)16-14-18;1-29-18-14-15-19(21(25)16-18)24(28)26-22-12-6-5-11-20(22)23(27)13-7-10-17-8-3-2-4-9-17;24-18-12-5-4-11-17(18)23(28)26-20-14-7-13-19(25)22(20)21(27)15-6-10-16-8-2-1-3-9-16;24-17-13-14-19(22(27)12-6-9-16-7-2-1-3-8-16)21(15-17)26-23(28)18-10-4-5-11-20(18)25/h2-4,6-8,10-11,13-16H,5,9,12H2,1H3,(H,26,28);2-4,6-8,10,12-16H,5,9,11H2,1H3,(H,26,28);2-6,8-9,11-12,14-16H,7,10,13H2,1H3,(H,26,28);1-5,7-9,11-14H,6,10,15H2,(H,26,28);1-5,7-8,10-11,13-15H,6,9,12H2,(H,26,28). The average Bonchev–Trinajstić information content (AvgIpc) is 0.827. The minimum atomic E-state index is -0.734. The van der Waals surface area contributed by atoms with Gasteiger partial charge in [-0.3, -0.25) is 47.9 Å². The number of halogens is 7. The third-order valence-electron chi connectivity index (χ3n) is 22.5. The molecule has 0 spiro atoms. The van der Waals surface area contributed by atoms with Crippen LogP contribution in [0.5, 0.6) is 17.2 Å². The van der Waals surface area contributed by atoms with Crippen LogP contribution in [0.2, 0.25) is 0 Å². The van der Waals surface area contributed by atoms with Crippen LogP contribution in [-0.4, -0.2) is 79.8 Å². The van der Waals surface area contributed by atoms with Gasteiger partial charge in [0.15, 0.2) is 28.9 Å². The summed E-state index contributed by atoms with van der Waals surface area (Å²) in [4.78, 5) is 126. The van der Waals surface area contributed by atoms with Crippen molar-refractivity contribution in [1.29, 1.82) is 0 Å². The number of methoxy groups -OCH3 is 3. The summed E-state index contributed by atoms with van der Waals surface area (Å²) in [5.41, 5.74) is 7.64. The van der Waals surface area contributed by atoms with Gasteiger partial charge in [0, 0.05) is 66.0 Å². The first-order chi connectivity index (χ1) is 69.3. The molecule has 0 radical (unpaired) electrons. The van der Waals surface area contributed by atoms with Crippen LogP contribution >= 0.6 is 0 Å². The number of ketones is 5. The zero-order valence-corrected chi connectivity index (χ0v) is 78.7. The van der Waals surface area contributed by atoms with Crippen molar-refractivity contribution in [2.45, 2.75) is 96.3 Å². The van der Waals surface area contributed by atoms with E-state index >= 15 is 0 Å². The number of rotatable bonds is 38. The minimum Gasteiger partial charge on any atom is -0.497 e. The van der Waals surface area contributed by atoms with Gasteiger partial charge in [-0.25, -0.2) is 30.7 Å². The largest absolute Gasteiger partial charge is 0.497 e. The number of anilines is 5. The Labute approximate surface area is 824 Å². The Hall–Kier alpha value is -17.1. The van der Waals surface area contributed by atoms with Crippen molar-refractivity contribution in [3.05, 3.63) is 488 Å². The fourth-order valence-corrected chi connectivity index (χ4v) is 15.1. The van der Waals surface area contributed by atoms with Gasteiger partial charge in [-0.15, -0.1) is 0 Å². The zero-order chi connectivity index (χ0) is 102. The van der Waals surface area contributed by atoms with Crippen molar-refractivity contribution in [2.24, 2.45) is 0 Å². The molecule has 15 rings (SSSR count). The van der Waals surface area contributed by atoms with E-state index in [-0.39, 0.29) is 92.8 Å². The van der Waals surface area contributed by atoms with Crippen LogP contribution in [0.3, 0.4) is 0 Å². The first-order valence-corrected chi connectivity index (χ1v) is 46.1. The van der Waals surface area contributed by atoms with Crippen LogP contribution in [0.4, 0.5) is 59.2 Å². The number of hydrogen-bond acceptors (Lipinski definition) is 13. The first kappa shape index (κ1) is 106. The van der Waals surface area contributed by atoms with Gasteiger partial charge in [-0.2, -0.15) is 0 Å². The predicted molar refractivity (Wildman–Crippen MR) is 542 cm³/mol. The molecule has 25 heteroatoms. The van der Waals surface area contributed by atoms with Crippen LogP contribution < -0.4 is 40.8 Å². The highest BCUT2D eigenvalue weighted by Crippen LogP contribution is 2.33. The number of carbonyl (C=O) groups is 10. The third kappa shape index (κ3) is 32.8. The predicted octanol–water partition coefficient (Wildman–Crippen LogP) is 26.7. The highest BCUT2D eigenvalue weighted by molar-refractivity contribution is 6.14. The van der Waals surface area contributed by atoms with Gasteiger partial charge >= 0.3 is 0 Å². The van der Waals surface area contributed by atoms with Crippen molar-refractivity contribution in [1.82, 2.24) is 0 Å². The fourth-order valence-electron chi connectivity index (χ4n) is 15.1. The molecule has 0 fully saturated rings. The lowest BCUT2D eigenvalue weighted by atomic mass is 10.0. The molecule has 0 unspecified atom stereocenters. The van der Waals surface area contributed by atoms with Crippen molar-refractivity contribution in [3.63, 3.8) is 0 Å². The number of benzene rings is 15. The molecule has 15 aromatic rings. The molecule has 0 aliphatic carbocycles. The van der Waals surface area contributed by atoms with Gasteiger partial charge in [-0.1, -0.05) is 206 Å². The quantitative estimate of drug-likeness (QED) is 0.0178. The number of ether oxygens (including phenoxy) is 3. The van der Waals surface area contributed by atoms with Gasteiger partial charge in [0.1, 0.15) is 58.0 Å². The average molecular weight is 1930 g/mol. The third-order valence-corrected chi connectivity index (χ3v) is 22.5. The number of aryl methyl sites for hydroxylation is 5. The highest BCUT2D eigenvalue weighted by Gasteiger charge is 2.26. The zero-order valence-electron chi connectivity index (χ0n) is 78.7. The molecule has 0 atom stereocenters. The number of hydrogen-bond donors (Lipinski definition) is 5. The molecular weight excluding hydrogens is 1830 g/mol. The SMILES string of the molecule is COc1ccc(C(=O)Nc2cccc(F)c2C(=O)CCCc2ccccc2)cc1.COc1ccc(C(=O)Nc2ccccc2C(=O)CCCc2ccccc2)c(F)c1.COc1cccc(C(=O)CCCc2ccccc2)c1NC(=O)c1ccc(F)cc1.O=C(Nc1cc(F)ccc1C(=O)CCCc1ccccc1)c1ccccc1F.O=C(Nc1cccc(F)c1C(=O)CCCc1ccccc1)c1ccccc1F. The number of nitrogens with one attached hydrogen (secondary N) is 5. The maximum absolute atomic E-state index is 14.4. The summed E-state index contributed by atoms with van der Waals surface area (Å²) in [6, 6.07) is 99.6. The number of Topliss-reactive ketones (excluding diaryl/α,β-unsaturated/α-hetero) is 5. The van der Waals surface area contributed by atoms with E-state index in [0.717, 1.165) is 66.6 Å². The van der Waals surface area contributed by atoms with Gasteiger partial charge in [0.05, 0.1) is 77.6 Å². The summed E-state index contributed by atoms with van der Waals surface area (Å²) in [6.07, 6.45) is 8.25. The van der Waals surface area contributed by atoms with E-state index in [1.165, 1.54) is 154 Å². The molecule has 5 N–H and O–H groups in total. The Bertz CT molecular complexity index is 6790. The van der Waals surface area contributed by atoms with Crippen molar-refractivity contribution < 1.29 is 92.9 Å². The van der Waals surface area contributed by atoms with E-state index in [4.69, 9.17) is 14.2 Å². The van der Waals surface area contributed by atoms with Crippen LogP contribution in [0.15, 0.2) is 364 Å². The lowest BCUT2D eigenvalue weighted by Gasteiger charge is -2.14. The molecule has 15 aromatic carbocycles. The number of amides is 5. The van der Waals surface area contributed by atoms with Gasteiger partial charge in [-0.05, 0) is 244 Å². The van der Waals surface area contributed by atoms with E-state index in [0.29, 0.717) is 102 Å². The molecule has 143 heavy (non-hydrogen) atoms. The molecule has 0 heterocycles. The molecule has 728 valence electrons. The number of carbonyl (C=O) groups excluding carboxylic acids is 10. The molecule has 0 saturated heterocycles. The maximum Gasteiger partial charge on any atom is 0.258 e. The molecule has 0 saturated carbocycles. The second-order valence-electron chi connectivity index (χ2n) is 32.6. The Morgan fingerprint density at radius 2 is 0.524 bits per heavy atom. The van der Waals surface area contributed by atoms with Crippen molar-refractivity contribution in [3.8, 4) is 17.2 Å². The molecule has 18 nitrogen and oxygen atoms in total. The van der Waals surface area contributed by atoms with Crippen LogP contribution in [0.1, 0.15) is 196 Å². The molecule has 0 aromatic heterocycles. The van der Waals surface area contributed by atoms with Crippen LogP contribution in [0.25, 0.3) is 0 Å². The normalized spacial score (nSPS) is 10.4. The van der Waals surface area contributed by atoms with Crippen molar-refractivity contribution in [2.75, 3.05) is 47.9 Å². The summed E-state index contributed by atoms with van der Waals surface area (Å²) in [6.45, 7) is 0. The Morgan fingerprint density at radius 1 is 0.224 bits per heavy atom. The van der Waals surface area contributed by atoms with E-state index in [9.17, 15) is 78.7 Å². The van der Waals surface area contributed by atoms with E-state index in [2.05, 4.69) is 26.6 Å². The van der Waals surface area contributed by atoms with Crippen LogP contribution in [-0.2, 0) is 32.1 Å². The molecule has 0 aliphatic rings. The minimum absolute atomic E-state index is 0.0398. The summed E-state index contributed by atoms with van der Waals surface area (Å²) in [5, 5.41) is 13.0. The fraction of sp³-hybridized carbons (Fsp3) is 0.153. The second-order valence-corrected chi connectivity index (χ2v) is 32.6. The van der Waals surface area contributed by atoms with Gasteiger partial charge in [0.2, 0.25) is 0 Å². The number of para-hydroxylation sites is 2. The van der Waals surface area contributed by atoms with Gasteiger partial charge < -0.3 is 40.8 Å². The Kier molecular flexibility index (Phi) is 41.3. The monoisotopic (exact) mass is 1930 g/mol.